The highest BCUT2D eigenvalue weighted by Crippen LogP contribution is 2.29. The molecule has 0 atom stereocenters. The summed E-state index contributed by atoms with van der Waals surface area (Å²) in [5.74, 6) is 1.52. The summed E-state index contributed by atoms with van der Waals surface area (Å²) >= 11 is 0. The van der Waals surface area contributed by atoms with Crippen molar-refractivity contribution in [1.82, 2.24) is 9.78 Å². The van der Waals surface area contributed by atoms with Crippen molar-refractivity contribution in [2.45, 2.75) is 6.43 Å². The first kappa shape index (κ1) is 19.6. The molecule has 2 N–H and O–H groups in total. The molecular weight excluding hydrogens is 368 g/mol. The molecule has 6 nitrogen and oxygen atoms in total. The summed E-state index contributed by atoms with van der Waals surface area (Å²) in [6, 6.07) is 16.2. The SMILES string of the molecule is COc1ccc(-n2nc(OCC(F)F)cc2-c2ccc(OCCN)cc2)cc1. The molecule has 0 spiro atoms. The highest BCUT2D eigenvalue weighted by Gasteiger charge is 2.14. The summed E-state index contributed by atoms with van der Waals surface area (Å²) < 4.78 is 42.4. The second kappa shape index (κ2) is 9.18. The fourth-order valence-electron chi connectivity index (χ4n) is 2.60. The van der Waals surface area contributed by atoms with Crippen molar-refractivity contribution < 1.29 is 23.0 Å². The molecule has 0 amide bonds. The summed E-state index contributed by atoms with van der Waals surface area (Å²) in [6.45, 7) is 0.135. The van der Waals surface area contributed by atoms with Crippen molar-refractivity contribution in [2.75, 3.05) is 26.9 Å². The quantitative estimate of drug-likeness (QED) is 0.606. The van der Waals surface area contributed by atoms with E-state index in [1.807, 2.05) is 36.4 Å². The van der Waals surface area contributed by atoms with Crippen LogP contribution in [0.1, 0.15) is 0 Å². The Morgan fingerprint density at radius 2 is 1.68 bits per heavy atom. The summed E-state index contributed by atoms with van der Waals surface area (Å²) in [6.07, 6.45) is -2.58. The number of methoxy groups -OCH3 is 1. The number of hydrogen-bond donors (Lipinski definition) is 1. The topological polar surface area (TPSA) is 71.5 Å². The lowest BCUT2D eigenvalue weighted by Crippen LogP contribution is -2.10. The average Bonchev–Trinajstić information content (AvgIpc) is 3.15. The molecule has 0 saturated heterocycles. The molecule has 2 aromatic carbocycles. The number of nitrogens with zero attached hydrogens (tertiary/aromatic N) is 2. The number of rotatable bonds is 9. The number of aromatic nitrogens is 2. The van der Waals surface area contributed by atoms with Gasteiger partial charge in [-0.3, -0.25) is 0 Å². The second-order valence-corrected chi connectivity index (χ2v) is 5.84. The van der Waals surface area contributed by atoms with E-state index in [9.17, 15) is 8.78 Å². The molecule has 0 aliphatic carbocycles. The largest absolute Gasteiger partial charge is 0.497 e. The molecule has 148 valence electrons. The van der Waals surface area contributed by atoms with E-state index >= 15 is 0 Å². The minimum Gasteiger partial charge on any atom is -0.497 e. The minimum absolute atomic E-state index is 0.120. The zero-order chi connectivity index (χ0) is 19.9. The number of alkyl halides is 2. The summed E-state index contributed by atoms with van der Waals surface area (Å²) in [4.78, 5) is 0. The third-order valence-corrected chi connectivity index (χ3v) is 3.90. The number of ether oxygens (including phenoxy) is 3. The van der Waals surface area contributed by atoms with Gasteiger partial charge in [-0.05, 0) is 48.5 Å². The number of benzene rings is 2. The predicted molar refractivity (Wildman–Crippen MR) is 102 cm³/mol. The first-order valence-corrected chi connectivity index (χ1v) is 8.69. The van der Waals surface area contributed by atoms with Crippen LogP contribution in [0.3, 0.4) is 0 Å². The molecule has 0 bridgehead atoms. The maximum atomic E-state index is 12.5. The van der Waals surface area contributed by atoms with E-state index in [1.165, 1.54) is 0 Å². The molecule has 0 radical (unpaired) electrons. The number of hydrogen-bond acceptors (Lipinski definition) is 5. The third kappa shape index (κ3) is 4.77. The van der Waals surface area contributed by atoms with E-state index in [2.05, 4.69) is 5.10 Å². The van der Waals surface area contributed by atoms with Crippen LogP contribution in [0.25, 0.3) is 16.9 Å². The van der Waals surface area contributed by atoms with Gasteiger partial charge in [0.05, 0.1) is 18.5 Å². The van der Waals surface area contributed by atoms with Crippen LogP contribution in [0.15, 0.2) is 54.6 Å². The van der Waals surface area contributed by atoms with Crippen molar-refractivity contribution in [3.05, 3.63) is 54.6 Å². The van der Waals surface area contributed by atoms with E-state index < -0.39 is 13.0 Å². The molecule has 3 aromatic rings. The Morgan fingerprint density at radius 1 is 1.00 bits per heavy atom. The predicted octanol–water partition coefficient (Wildman–Crippen LogP) is 3.53. The van der Waals surface area contributed by atoms with E-state index in [-0.39, 0.29) is 5.88 Å². The molecular formula is C20H21F2N3O3. The van der Waals surface area contributed by atoms with E-state index in [1.54, 1.807) is 30.0 Å². The molecule has 8 heteroatoms. The van der Waals surface area contributed by atoms with Crippen LogP contribution in [-0.2, 0) is 0 Å². The molecule has 0 saturated carbocycles. The van der Waals surface area contributed by atoms with Crippen LogP contribution >= 0.6 is 0 Å². The lowest BCUT2D eigenvalue weighted by Gasteiger charge is -2.09. The van der Waals surface area contributed by atoms with Crippen molar-refractivity contribution in [3.63, 3.8) is 0 Å². The van der Waals surface area contributed by atoms with Crippen molar-refractivity contribution in [1.29, 1.82) is 0 Å². The van der Waals surface area contributed by atoms with Crippen molar-refractivity contribution in [2.24, 2.45) is 5.73 Å². The Labute approximate surface area is 161 Å². The average molecular weight is 389 g/mol. The first-order valence-electron chi connectivity index (χ1n) is 8.69. The molecule has 0 aliphatic rings. The Hall–Kier alpha value is -3.13. The van der Waals surface area contributed by atoms with Gasteiger partial charge < -0.3 is 19.9 Å². The summed E-state index contributed by atoms with van der Waals surface area (Å²) in [5.41, 5.74) is 7.71. The Kier molecular flexibility index (Phi) is 6.44. The Morgan fingerprint density at radius 3 is 2.29 bits per heavy atom. The standard InChI is InChI=1S/C20H21F2N3O3/c1-26-16-8-4-15(5-9-16)25-18(12-20(24-25)28-13-19(21)22)14-2-6-17(7-3-14)27-11-10-23/h2-9,12,19H,10-11,13,23H2,1H3. The smallest absolute Gasteiger partial charge is 0.272 e. The maximum Gasteiger partial charge on any atom is 0.272 e. The molecule has 1 aromatic heterocycles. The van der Waals surface area contributed by atoms with Crippen LogP contribution in [0, 0.1) is 0 Å². The van der Waals surface area contributed by atoms with Gasteiger partial charge in [-0.15, -0.1) is 5.10 Å². The van der Waals surface area contributed by atoms with Gasteiger partial charge >= 0.3 is 0 Å². The zero-order valence-electron chi connectivity index (χ0n) is 15.3. The van der Waals surface area contributed by atoms with Crippen LogP contribution < -0.4 is 19.9 Å². The molecule has 3 rings (SSSR count). The minimum atomic E-state index is -2.58. The molecule has 0 fully saturated rings. The monoisotopic (exact) mass is 389 g/mol. The third-order valence-electron chi connectivity index (χ3n) is 3.90. The first-order chi connectivity index (χ1) is 13.6. The van der Waals surface area contributed by atoms with Gasteiger partial charge in [0.15, 0.2) is 6.61 Å². The van der Waals surface area contributed by atoms with Crippen LogP contribution in [-0.4, -0.2) is 43.1 Å². The van der Waals surface area contributed by atoms with Gasteiger partial charge in [-0.1, -0.05) is 0 Å². The van der Waals surface area contributed by atoms with Gasteiger partial charge in [0.1, 0.15) is 18.1 Å². The summed E-state index contributed by atoms with van der Waals surface area (Å²) in [5, 5.41) is 4.33. The van der Waals surface area contributed by atoms with Crippen LogP contribution in [0.2, 0.25) is 0 Å². The Bertz CT molecular complexity index is 881. The highest BCUT2D eigenvalue weighted by atomic mass is 19.3. The molecule has 1 heterocycles. The zero-order valence-corrected chi connectivity index (χ0v) is 15.3. The van der Waals surface area contributed by atoms with Gasteiger partial charge in [-0.2, -0.15) is 0 Å². The van der Waals surface area contributed by atoms with E-state index in [0.717, 1.165) is 11.3 Å². The fraction of sp³-hybridized carbons (Fsp3) is 0.250. The van der Waals surface area contributed by atoms with Gasteiger partial charge in [0, 0.05) is 18.2 Å². The normalized spacial score (nSPS) is 10.9. The van der Waals surface area contributed by atoms with Gasteiger partial charge in [-0.25, -0.2) is 13.5 Å². The van der Waals surface area contributed by atoms with Crippen LogP contribution in [0.4, 0.5) is 8.78 Å². The molecule has 28 heavy (non-hydrogen) atoms. The van der Waals surface area contributed by atoms with E-state index in [0.29, 0.717) is 30.3 Å². The second-order valence-electron chi connectivity index (χ2n) is 5.84. The highest BCUT2D eigenvalue weighted by molar-refractivity contribution is 5.64. The number of nitrogens with two attached hydrogens (primary N) is 1. The van der Waals surface area contributed by atoms with E-state index in [4.69, 9.17) is 19.9 Å². The van der Waals surface area contributed by atoms with Gasteiger partial charge in [0.25, 0.3) is 6.43 Å². The Balaban J connectivity index is 1.94. The molecule has 0 unspecified atom stereocenters. The van der Waals surface area contributed by atoms with Crippen molar-refractivity contribution in [3.8, 4) is 34.3 Å². The maximum absolute atomic E-state index is 12.5. The van der Waals surface area contributed by atoms with Gasteiger partial charge in [0.2, 0.25) is 5.88 Å². The van der Waals surface area contributed by atoms with Crippen molar-refractivity contribution >= 4 is 0 Å². The lowest BCUT2D eigenvalue weighted by atomic mass is 10.1. The summed E-state index contributed by atoms with van der Waals surface area (Å²) in [7, 11) is 1.58. The van der Waals surface area contributed by atoms with Crippen LogP contribution in [0.5, 0.6) is 17.4 Å². The molecule has 0 aliphatic heterocycles. The lowest BCUT2D eigenvalue weighted by molar-refractivity contribution is 0.0794. The fourth-order valence-corrected chi connectivity index (χ4v) is 2.60. The number of halogens is 2.